The maximum absolute atomic E-state index is 14.1. The van der Waals surface area contributed by atoms with E-state index in [4.69, 9.17) is 0 Å². The monoisotopic (exact) mass is 831 g/mol. The van der Waals surface area contributed by atoms with Gasteiger partial charge in [0.2, 0.25) is 11.8 Å². The first kappa shape index (κ1) is 41.6. The molecule has 2 N–H and O–H groups in total. The average molecular weight is 832 g/mol. The van der Waals surface area contributed by atoms with E-state index in [1.54, 1.807) is 17.0 Å². The fourth-order valence-corrected chi connectivity index (χ4v) is 10.7. The van der Waals surface area contributed by atoms with Gasteiger partial charge in [-0.3, -0.25) is 29.4 Å². The number of nitrogens with one attached hydrogen (secondary N) is 2. The summed E-state index contributed by atoms with van der Waals surface area (Å²) in [7, 11) is 0. The van der Waals surface area contributed by atoms with Crippen molar-refractivity contribution in [3.05, 3.63) is 98.7 Å². The highest BCUT2D eigenvalue weighted by Gasteiger charge is 2.42. The number of hydrogen-bond acceptors (Lipinski definition) is 8. The second kappa shape index (κ2) is 17.2. The first-order valence-electron chi connectivity index (χ1n) is 22.8. The molecule has 3 fully saturated rings. The zero-order valence-corrected chi connectivity index (χ0v) is 36.4. The van der Waals surface area contributed by atoms with E-state index in [-0.39, 0.29) is 29.4 Å². The van der Waals surface area contributed by atoms with E-state index in [2.05, 4.69) is 75.8 Å². The van der Waals surface area contributed by atoms with Gasteiger partial charge in [-0.15, -0.1) is 0 Å². The summed E-state index contributed by atoms with van der Waals surface area (Å²) >= 11 is 0. The molecule has 9 rings (SSSR count). The second-order valence-corrected chi connectivity index (χ2v) is 18.4. The third-order valence-electron chi connectivity index (χ3n) is 14.4. The number of aryl methyl sites for hydroxylation is 1. The highest BCUT2D eigenvalue weighted by atomic mass is 16.2. The van der Waals surface area contributed by atoms with Gasteiger partial charge in [-0.2, -0.15) is 5.26 Å². The molecule has 320 valence electrons. The van der Waals surface area contributed by atoms with Gasteiger partial charge in [-0.25, -0.2) is 0 Å². The van der Waals surface area contributed by atoms with Gasteiger partial charge in [0.1, 0.15) is 6.04 Å². The average Bonchev–Trinajstić information content (AvgIpc) is 3.85. The first-order valence-corrected chi connectivity index (χ1v) is 22.8. The molecule has 11 heteroatoms. The standard InChI is InChI=1S/C51H57N7O4/c1-4-34-29-39-41(51(2,3)48-46(47(39)60)38-16-15-33(31-52)28-42(38)53-48)30-44(34)57-22-19-36(20-23-57)56-26-24-55(25-27-56)21-10-8-6-5-7-9-12-35-13-11-14-37-40(35)32-58(50(37)62)43-17-18-45(59)54-49(43)61/h11,13-16,28-30,36,43,53H,4-8,10,17-27,32H2,1-3H3,(H,54,59,61). The van der Waals surface area contributed by atoms with Crippen LogP contribution in [0.4, 0.5) is 5.69 Å². The van der Waals surface area contributed by atoms with Crippen molar-refractivity contribution < 1.29 is 19.2 Å². The lowest BCUT2D eigenvalue weighted by Gasteiger charge is -2.44. The SMILES string of the molecule is CCc1cc2c(cc1N1CCC(N3CCN(CCCCCCC#Cc4cccc5c4CN(C4CCC(=O)NC4=O)C5=O)CC3)CC1)C(C)(C)c1[nH]c3cc(C#N)ccc3c1C2=O. The van der Waals surface area contributed by atoms with Crippen molar-refractivity contribution in [3.8, 4) is 17.9 Å². The van der Waals surface area contributed by atoms with E-state index in [1.807, 2.05) is 24.3 Å². The Morgan fingerprint density at radius 3 is 2.42 bits per heavy atom. The summed E-state index contributed by atoms with van der Waals surface area (Å²) in [5, 5.41) is 12.7. The van der Waals surface area contributed by atoms with Gasteiger partial charge in [0, 0.05) is 109 Å². The third-order valence-corrected chi connectivity index (χ3v) is 14.4. The molecule has 5 aliphatic rings. The highest BCUT2D eigenvalue weighted by Crippen LogP contribution is 2.46. The summed E-state index contributed by atoms with van der Waals surface area (Å²) in [6, 6.07) is 17.9. The Morgan fingerprint density at radius 2 is 1.66 bits per heavy atom. The molecule has 1 aliphatic carbocycles. The summed E-state index contributed by atoms with van der Waals surface area (Å²) in [4.78, 5) is 64.4. The molecule has 0 radical (unpaired) electrons. The molecule has 4 aromatic rings. The van der Waals surface area contributed by atoms with Gasteiger partial charge in [-0.1, -0.05) is 57.6 Å². The van der Waals surface area contributed by atoms with Crippen molar-refractivity contribution in [1.82, 2.24) is 25.0 Å². The summed E-state index contributed by atoms with van der Waals surface area (Å²) in [6.07, 6.45) is 9.15. The number of nitrogens with zero attached hydrogens (tertiary/aromatic N) is 5. The van der Waals surface area contributed by atoms with Gasteiger partial charge >= 0.3 is 0 Å². The predicted molar refractivity (Wildman–Crippen MR) is 240 cm³/mol. The number of benzene rings is 3. The Labute approximate surface area is 364 Å². The summed E-state index contributed by atoms with van der Waals surface area (Å²) in [5.74, 6) is 5.87. The van der Waals surface area contributed by atoms with Crippen molar-refractivity contribution in [2.75, 3.05) is 50.7 Å². The number of piperazine rings is 1. The van der Waals surface area contributed by atoms with Gasteiger partial charge in [0.25, 0.3) is 5.91 Å². The number of rotatable bonds is 10. The number of aromatic amines is 1. The van der Waals surface area contributed by atoms with Gasteiger partial charge in [0.05, 0.1) is 17.2 Å². The summed E-state index contributed by atoms with van der Waals surface area (Å²) < 4.78 is 0. The quantitative estimate of drug-likeness (QED) is 0.101. The molecule has 0 spiro atoms. The zero-order valence-electron chi connectivity index (χ0n) is 36.4. The van der Waals surface area contributed by atoms with Crippen LogP contribution >= 0.6 is 0 Å². The molecule has 62 heavy (non-hydrogen) atoms. The van der Waals surface area contributed by atoms with E-state index >= 15 is 0 Å². The lowest BCUT2D eigenvalue weighted by Crippen LogP contribution is -2.53. The van der Waals surface area contributed by atoms with Crippen molar-refractivity contribution >= 4 is 40.1 Å². The van der Waals surface area contributed by atoms with E-state index in [1.165, 1.54) is 24.1 Å². The van der Waals surface area contributed by atoms with E-state index in [9.17, 15) is 24.4 Å². The van der Waals surface area contributed by atoms with E-state index < -0.39 is 11.9 Å². The number of aromatic nitrogens is 1. The van der Waals surface area contributed by atoms with Crippen molar-refractivity contribution in [2.45, 2.75) is 109 Å². The molecule has 3 saturated heterocycles. The predicted octanol–water partition coefficient (Wildman–Crippen LogP) is 6.82. The number of fused-ring (bicyclic) bond motifs is 5. The van der Waals surface area contributed by atoms with Crippen molar-refractivity contribution in [2.24, 2.45) is 0 Å². The Bertz CT molecular complexity index is 2560. The van der Waals surface area contributed by atoms with Crippen LogP contribution in [0, 0.1) is 23.2 Å². The Kier molecular flexibility index (Phi) is 11.5. The minimum Gasteiger partial charge on any atom is -0.371 e. The normalized spacial score (nSPS) is 20.4. The fourth-order valence-electron chi connectivity index (χ4n) is 10.7. The van der Waals surface area contributed by atoms with Crippen LogP contribution in [0.25, 0.3) is 10.9 Å². The topological polar surface area (TPSA) is 133 Å². The zero-order chi connectivity index (χ0) is 43.1. The number of anilines is 1. The molecule has 5 heterocycles. The molecule has 3 amide bonds. The largest absolute Gasteiger partial charge is 0.371 e. The molecule has 3 aromatic carbocycles. The van der Waals surface area contributed by atoms with Crippen LogP contribution in [0.1, 0.15) is 138 Å². The molecule has 4 aliphatic heterocycles. The molecule has 1 aromatic heterocycles. The molecular weight excluding hydrogens is 775 g/mol. The Morgan fingerprint density at radius 1 is 0.871 bits per heavy atom. The van der Waals surface area contributed by atoms with Crippen LogP contribution in [-0.4, -0.2) is 101 Å². The van der Waals surface area contributed by atoms with Crippen LogP contribution in [0.15, 0.2) is 48.5 Å². The number of amides is 3. The number of ketones is 1. The van der Waals surface area contributed by atoms with Crippen LogP contribution in [0.5, 0.6) is 0 Å². The highest BCUT2D eigenvalue weighted by molar-refractivity contribution is 6.20. The minimum absolute atomic E-state index is 0.0717. The van der Waals surface area contributed by atoms with E-state index in [0.717, 1.165) is 129 Å². The maximum Gasteiger partial charge on any atom is 0.255 e. The molecular formula is C51H57N7O4. The third kappa shape index (κ3) is 7.71. The number of carbonyl (C=O) groups excluding carboxylic acids is 4. The van der Waals surface area contributed by atoms with Crippen LogP contribution in [-0.2, 0) is 28.0 Å². The van der Waals surface area contributed by atoms with Crippen LogP contribution in [0.2, 0.25) is 0 Å². The molecule has 1 atom stereocenters. The van der Waals surface area contributed by atoms with Crippen LogP contribution in [0.3, 0.4) is 0 Å². The summed E-state index contributed by atoms with van der Waals surface area (Å²) in [5.41, 5.74) is 9.44. The lowest BCUT2D eigenvalue weighted by molar-refractivity contribution is -0.136. The van der Waals surface area contributed by atoms with Gasteiger partial charge < -0.3 is 19.7 Å². The number of H-pyrrole nitrogens is 1. The molecule has 0 bridgehead atoms. The van der Waals surface area contributed by atoms with Gasteiger partial charge in [-0.05, 0) is 98.2 Å². The van der Waals surface area contributed by atoms with Crippen LogP contribution < -0.4 is 10.2 Å². The molecule has 1 unspecified atom stereocenters. The number of unbranched alkanes of at least 4 members (excludes halogenated alkanes) is 4. The fraction of sp³-hybridized carbons (Fsp3) is 0.471. The number of carbonyl (C=O) groups is 4. The number of hydrogen-bond donors (Lipinski definition) is 2. The van der Waals surface area contributed by atoms with Crippen molar-refractivity contribution in [3.63, 3.8) is 0 Å². The molecule has 0 saturated carbocycles. The second-order valence-electron chi connectivity index (χ2n) is 18.4. The van der Waals surface area contributed by atoms with E-state index in [0.29, 0.717) is 30.1 Å². The Balaban J connectivity index is 0.715. The maximum atomic E-state index is 14.1. The number of imide groups is 1. The number of nitriles is 1. The van der Waals surface area contributed by atoms with Crippen molar-refractivity contribution in [1.29, 1.82) is 5.26 Å². The Hall–Kier alpha value is -5.75. The number of piperidine rings is 2. The first-order chi connectivity index (χ1) is 30.0. The van der Waals surface area contributed by atoms with Gasteiger partial charge in [0.15, 0.2) is 5.78 Å². The smallest absolute Gasteiger partial charge is 0.255 e. The molecule has 11 nitrogen and oxygen atoms in total. The lowest BCUT2D eigenvalue weighted by atomic mass is 9.70. The minimum atomic E-state index is -0.618. The summed E-state index contributed by atoms with van der Waals surface area (Å²) in [6.45, 7) is 14.6.